The first-order valence-electron chi connectivity index (χ1n) is 6.07. The van der Waals surface area contributed by atoms with Crippen molar-refractivity contribution in [3.05, 3.63) is 35.4 Å². The second-order valence-corrected chi connectivity index (χ2v) is 5.56. The number of piperidine rings is 1. The Balaban J connectivity index is 1.93. The molecule has 0 aromatic heterocycles. The van der Waals surface area contributed by atoms with Crippen molar-refractivity contribution in [3.63, 3.8) is 0 Å². The summed E-state index contributed by atoms with van der Waals surface area (Å²) in [4.78, 5) is 2.51. The van der Waals surface area contributed by atoms with E-state index in [9.17, 15) is 0 Å². The molecule has 1 heterocycles. The van der Waals surface area contributed by atoms with Gasteiger partial charge < -0.3 is 0 Å². The molecule has 0 radical (unpaired) electrons. The molecule has 2 rings (SSSR count). The minimum Gasteiger partial charge on any atom is -0.299 e. The molecule has 0 bridgehead atoms. The van der Waals surface area contributed by atoms with Crippen molar-refractivity contribution in [1.29, 1.82) is 0 Å². The van der Waals surface area contributed by atoms with Crippen LogP contribution in [0.2, 0.25) is 0 Å². The summed E-state index contributed by atoms with van der Waals surface area (Å²) in [5.41, 5.74) is 2.74. The Morgan fingerprint density at radius 1 is 1.31 bits per heavy atom. The van der Waals surface area contributed by atoms with Gasteiger partial charge in [-0.05, 0) is 31.4 Å². The molecular weight excluding hydrogens is 218 g/mol. The number of aryl methyl sites for hydroxylation is 1. The molecule has 1 aliphatic heterocycles. The quantitative estimate of drug-likeness (QED) is 0.713. The molecule has 88 valence electrons. The summed E-state index contributed by atoms with van der Waals surface area (Å²) in [6.07, 6.45) is 1.12. The van der Waals surface area contributed by atoms with Crippen LogP contribution in [0, 0.1) is 12.8 Å². The highest BCUT2D eigenvalue weighted by atomic mass is 35.5. The van der Waals surface area contributed by atoms with E-state index in [1.54, 1.807) is 0 Å². The molecule has 1 saturated heterocycles. The summed E-state index contributed by atoms with van der Waals surface area (Å²) in [5.74, 6) is 0.612. The number of likely N-dealkylation sites (tertiary alicyclic amines) is 1. The van der Waals surface area contributed by atoms with Crippen molar-refractivity contribution < 1.29 is 0 Å². The van der Waals surface area contributed by atoms with Crippen molar-refractivity contribution in [1.82, 2.24) is 4.90 Å². The molecule has 1 aliphatic rings. The monoisotopic (exact) mass is 237 g/mol. The summed E-state index contributed by atoms with van der Waals surface area (Å²) in [6.45, 7) is 7.70. The molecule has 16 heavy (non-hydrogen) atoms. The first-order chi connectivity index (χ1) is 7.65. The molecule has 0 amide bonds. The number of alkyl halides is 1. The average Bonchev–Trinajstić information content (AvgIpc) is 2.27. The number of hydrogen-bond donors (Lipinski definition) is 0. The normalized spacial score (nSPS) is 26.9. The van der Waals surface area contributed by atoms with Crippen LogP contribution in [0.3, 0.4) is 0 Å². The van der Waals surface area contributed by atoms with E-state index >= 15 is 0 Å². The highest BCUT2D eigenvalue weighted by Crippen LogP contribution is 2.22. The van der Waals surface area contributed by atoms with E-state index in [0.29, 0.717) is 11.3 Å². The second kappa shape index (κ2) is 5.20. The Bertz CT molecular complexity index is 333. The smallest absolute Gasteiger partial charge is 0.0386 e. The lowest BCUT2D eigenvalue weighted by Gasteiger charge is -2.34. The number of nitrogens with zero attached hydrogens (tertiary/aromatic N) is 1. The molecule has 1 fully saturated rings. The van der Waals surface area contributed by atoms with Gasteiger partial charge in [-0.1, -0.05) is 36.8 Å². The molecule has 0 N–H and O–H groups in total. The van der Waals surface area contributed by atoms with Crippen molar-refractivity contribution in [2.45, 2.75) is 32.2 Å². The topological polar surface area (TPSA) is 3.24 Å². The van der Waals surface area contributed by atoms with E-state index in [-0.39, 0.29) is 0 Å². The van der Waals surface area contributed by atoms with Gasteiger partial charge in [-0.3, -0.25) is 4.90 Å². The van der Waals surface area contributed by atoms with E-state index in [1.165, 1.54) is 11.1 Å². The molecule has 0 saturated carbocycles. The molecule has 1 nitrogen and oxygen atoms in total. The van der Waals surface area contributed by atoms with Crippen LogP contribution in [-0.4, -0.2) is 23.4 Å². The molecular formula is C14H20ClN. The van der Waals surface area contributed by atoms with Crippen molar-refractivity contribution in [2.24, 2.45) is 5.92 Å². The van der Waals surface area contributed by atoms with E-state index in [0.717, 1.165) is 26.1 Å². The largest absolute Gasteiger partial charge is 0.299 e. The average molecular weight is 238 g/mol. The highest BCUT2D eigenvalue weighted by Gasteiger charge is 2.23. The predicted octanol–water partition coefficient (Wildman–Crippen LogP) is 3.44. The maximum Gasteiger partial charge on any atom is 0.0386 e. The summed E-state index contributed by atoms with van der Waals surface area (Å²) in [5, 5.41) is 0.370. The Labute approximate surface area is 103 Å². The van der Waals surface area contributed by atoms with Crippen LogP contribution in [0.4, 0.5) is 0 Å². The summed E-state index contributed by atoms with van der Waals surface area (Å²) in [6, 6.07) is 8.83. The number of halogens is 1. The van der Waals surface area contributed by atoms with Gasteiger partial charge in [-0.2, -0.15) is 0 Å². The van der Waals surface area contributed by atoms with Gasteiger partial charge >= 0.3 is 0 Å². The van der Waals surface area contributed by atoms with Crippen LogP contribution in [0.5, 0.6) is 0 Å². The fourth-order valence-corrected chi connectivity index (χ4v) is 2.48. The number of benzene rings is 1. The maximum atomic E-state index is 6.23. The van der Waals surface area contributed by atoms with Gasteiger partial charge in [0.15, 0.2) is 0 Å². The zero-order valence-corrected chi connectivity index (χ0v) is 10.9. The van der Waals surface area contributed by atoms with Crippen LogP contribution in [0.15, 0.2) is 24.3 Å². The van der Waals surface area contributed by atoms with Crippen LogP contribution in [-0.2, 0) is 6.54 Å². The molecule has 2 heteroatoms. The first-order valence-corrected chi connectivity index (χ1v) is 6.51. The summed E-state index contributed by atoms with van der Waals surface area (Å²) in [7, 11) is 0. The van der Waals surface area contributed by atoms with Crippen LogP contribution in [0.25, 0.3) is 0 Å². The van der Waals surface area contributed by atoms with Crippen LogP contribution in [0.1, 0.15) is 24.5 Å². The molecule has 0 spiro atoms. The molecule has 2 atom stereocenters. The van der Waals surface area contributed by atoms with Crippen LogP contribution < -0.4 is 0 Å². The van der Waals surface area contributed by atoms with Crippen molar-refractivity contribution in [3.8, 4) is 0 Å². The van der Waals surface area contributed by atoms with E-state index < -0.39 is 0 Å². The third-order valence-corrected chi connectivity index (χ3v) is 4.06. The lowest BCUT2D eigenvalue weighted by Crippen LogP contribution is -2.39. The highest BCUT2D eigenvalue weighted by molar-refractivity contribution is 6.20. The second-order valence-electron chi connectivity index (χ2n) is 5.00. The van der Waals surface area contributed by atoms with Gasteiger partial charge in [0.1, 0.15) is 0 Å². The van der Waals surface area contributed by atoms with Gasteiger partial charge in [0.05, 0.1) is 0 Å². The predicted molar refractivity (Wildman–Crippen MR) is 69.9 cm³/mol. The van der Waals surface area contributed by atoms with Crippen LogP contribution >= 0.6 is 11.6 Å². The van der Waals surface area contributed by atoms with Gasteiger partial charge in [0.2, 0.25) is 0 Å². The SMILES string of the molecule is Cc1ccc(CN2CCC(Cl)C(C)C2)cc1. The van der Waals surface area contributed by atoms with E-state index in [2.05, 4.69) is 43.0 Å². The number of rotatable bonds is 2. The van der Waals surface area contributed by atoms with Crippen molar-refractivity contribution in [2.75, 3.05) is 13.1 Å². The fraction of sp³-hybridized carbons (Fsp3) is 0.571. The molecule has 2 unspecified atom stereocenters. The van der Waals surface area contributed by atoms with Gasteiger partial charge in [0, 0.05) is 18.5 Å². The van der Waals surface area contributed by atoms with E-state index in [1.807, 2.05) is 0 Å². The minimum absolute atomic E-state index is 0.370. The van der Waals surface area contributed by atoms with Gasteiger partial charge in [-0.25, -0.2) is 0 Å². The minimum atomic E-state index is 0.370. The molecule has 1 aromatic carbocycles. The van der Waals surface area contributed by atoms with Gasteiger partial charge in [-0.15, -0.1) is 11.6 Å². The van der Waals surface area contributed by atoms with E-state index in [4.69, 9.17) is 11.6 Å². The zero-order chi connectivity index (χ0) is 11.5. The Morgan fingerprint density at radius 3 is 2.62 bits per heavy atom. The molecule has 0 aliphatic carbocycles. The maximum absolute atomic E-state index is 6.23. The standard InChI is InChI=1S/C14H20ClN/c1-11-3-5-13(6-4-11)10-16-8-7-14(15)12(2)9-16/h3-6,12,14H,7-10H2,1-2H3. The Kier molecular flexibility index (Phi) is 3.88. The Hall–Kier alpha value is -0.530. The summed E-state index contributed by atoms with van der Waals surface area (Å²) >= 11 is 6.23. The lowest BCUT2D eigenvalue weighted by molar-refractivity contribution is 0.180. The lowest BCUT2D eigenvalue weighted by atomic mass is 9.99. The molecule has 1 aromatic rings. The first kappa shape index (κ1) is 11.9. The fourth-order valence-electron chi connectivity index (χ4n) is 2.30. The third-order valence-electron chi connectivity index (χ3n) is 3.41. The van der Waals surface area contributed by atoms with Gasteiger partial charge in [0.25, 0.3) is 0 Å². The Morgan fingerprint density at radius 2 is 2.00 bits per heavy atom. The van der Waals surface area contributed by atoms with Crippen molar-refractivity contribution >= 4 is 11.6 Å². The number of hydrogen-bond acceptors (Lipinski definition) is 1. The third kappa shape index (κ3) is 2.99. The zero-order valence-electron chi connectivity index (χ0n) is 10.1. The summed E-state index contributed by atoms with van der Waals surface area (Å²) < 4.78 is 0.